The van der Waals surface area contributed by atoms with Gasteiger partial charge < -0.3 is 10.2 Å². The van der Waals surface area contributed by atoms with Crippen molar-refractivity contribution in [3.63, 3.8) is 0 Å². The van der Waals surface area contributed by atoms with Crippen molar-refractivity contribution in [1.29, 1.82) is 0 Å². The Morgan fingerprint density at radius 1 is 1.39 bits per heavy atom. The highest BCUT2D eigenvalue weighted by Gasteiger charge is 2.24. The first-order chi connectivity index (χ1) is 8.81. The largest absolute Gasteiger partial charge is 0.338 e. The van der Waals surface area contributed by atoms with Gasteiger partial charge in [0.25, 0.3) is 0 Å². The van der Waals surface area contributed by atoms with Gasteiger partial charge in [-0.1, -0.05) is 30.3 Å². The van der Waals surface area contributed by atoms with Gasteiger partial charge in [-0.15, -0.1) is 0 Å². The number of hydrogen-bond acceptors (Lipinski definition) is 2. The van der Waals surface area contributed by atoms with Gasteiger partial charge >= 0.3 is 0 Å². The Hall–Kier alpha value is -1.35. The normalized spacial score (nSPS) is 19.5. The average molecular weight is 246 g/mol. The molecule has 3 heteroatoms. The van der Waals surface area contributed by atoms with Crippen molar-refractivity contribution in [1.82, 2.24) is 10.2 Å². The Kier molecular flexibility index (Phi) is 4.76. The molecular weight excluding hydrogens is 224 g/mol. The number of benzene rings is 1. The zero-order valence-electron chi connectivity index (χ0n) is 11.1. The highest BCUT2D eigenvalue weighted by Crippen LogP contribution is 2.15. The maximum Gasteiger partial charge on any atom is 0.227 e. The third-order valence-electron chi connectivity index (χ3n) is 3.56. The number of rotatable bonds is 4. The summed E-state index contributed by atoms with van der Waals surface area (Å²) < 4.78 is 0. The van der Waals surface area contributed by atoms with E-state index in [1.807, 2.05) is 23.1 Å². The average Bonchev–Trinajstić information content (AvgIpc) is 2.46. The molecule has 1 aliphatic heterocycles. The van der Waals surface area contributed by atoms with E-state index in [9.17, 15) is 4.79 Å². The summed E-state index contributed by atoms with van der Waals surface area (Å²) in [5.41, 5.74) is 1.21. The fourth-order valence-electron chi connectivity index (χ4n) is 2.47. The van der Waals surface area contributed by atoms with E-state index in [1.54, 1.807) is 0 Å². The molecule has 18 heavy (non-hydrogen) atoms. The van der Waals surface area contributed by atoms with E-state index in [4.69, 9.17) is 0 Å². The summed E-state index contributed by atoms with van der Waals surface area (Å²) >= 11 is 0. The number of hydrogen-bond donors (Lipinski definition) is 1. The topological polar surface area (TPSA) is 32.3 Å². The summed E-state index contributed by atoms with van der Waals surface area (Å²) in [6.45, 7) is 5.45. The van der Waals surface area contributed by atoms with Crippen LogP contribution in [0.1, 0.15) is 25.3 Å². The minimum atomic E-state index is 0.169. The Morgan fingerprint density at radius 2 is 2.17 bits per heavy atom. The lowest BCUT2D eigenvalue weighted by molar-refractivity contribution is -0.136. The van der Waals surface area contributed by atoms with Crippen LogP contribution in [0.15, 0.2) is 30.3 Å². The van der Waals surface area contributed by atoms with Gasteiger partial charge in [-0.2, -0.15) is 0 Å². The summed E-state index contributed by atoms with van der Waals surface area (Å²) in [5, 5.41) is 3.31. The van der Waals surface area contributed by atoms with Crippen molar-refractivity contribution in [2.24, 2.45) is 5.92 Å². The Labute approximate surface area is 109 Å². The van der Waals surface area contributed by atoms with E-state index >= 15 is 0 Å². The lowest BCUT2D eigenvalue weighted by Gasteiger charge is -2.29. The maximum absolute atomic E-state index is 12.4. The zero-order valence-corrected chi connectivity index (χ0v) is 11.1. The second-order valence-electron chi connectivity index (χ2n) is 4.88. The molecule has 0 spiro atoms. The van der Waals surface area contributed by atoms with Crippen molar-refractivity contribution in [3.05, 3.63) is 35.9 Å². The minimum Gasteiger partial charge on any atom is -0.338 e. The molecule has 1 fully saturated rings. The van der Waals surface area contributed by atoms with Gasteiger partial charge in [-0.05, 0) is 31.9 Å². The molecule has 1 aromatic rings. The predicted molar refractivity (Wildman–Crippen MR) is 73.1 cm³/mol. The van der Waals surface area contributed by atoms with Gasteiger partial charge in [-0.25, -0.2) is 0 Å². The molecule has 2 rings (SSSR count). The van der Waals surface area contributed by atoms with Gasteiger partial charge in [0.1, 0.15) is 0 Å². The number of carbonyl (C=O) groups excluding carboxylic acids is 1. The third-order valence-corrected chi connectivity index (χ3v) is 3.56. The van der Waals surface area contributed by atoms with Crippen LogP contribution < -0.4 is 5.32 Å². The van der Waals surface area contributed by atoms with Crippen LogP contribution in [0, 0.1) is 5.92 Å². The molecule has 1 unspecified atom stereocenters. The molecule has 1 atom stereocenters. The quantitative estimate of drug-likeness (QED) is 0.881. The van der Waals surface area contributed by atoms with Crippen LogP contribution in [0.3, 0.4) is 0 Å². The van der Waals surface area contributed by atoms with Gasteiger partial charge in [0, 0.05) is 19.6 Å². The van der Waals surface area contributed by atoms with Crippen LogP contribution in [0.2, 0.25) is 0 Å². The van der Waals surface area contributed by atoms with E-state index in [0.29, 0.717) is 5.91 Å². The van der Waals surface area contributed by atoms with Gasteiger partial charge in [0.2, 0.25) is 5.91 Å². The fraction of sp³-hybridized carbons (Fsp3) is 0.533. The molecule has 0 bridgehead atoms. The van der Waals surface area contributed by atoms with E-state index in [2.05, 4.69) is 24.4 Å². The molecule has 1 aromatic carbocycles. The van der Waals surface area contributed by atoms with Crippen molar-refractivity contribution in [2.75, 3.05) is 19.6 Å². The Balaban J connectivity index is 1.97. The van der Waals surface area contributed by atoms with Crippen molar-refractivity contribution < 1.29 is 4.79 Å². The fourth-order valence-corrected chi connectivity index (χ4v) is 2.47. The summed E-state index contributed by atoms with van der Waals surface area (Å²) in [4.78, 5) is 14.4. The molecule has 0 saturated carbocycles. The zero-order chi connectivity index (χ0) is 12.8. The molecule has 0 radical (unpaired) electrons. The van der Waals surface area contributed by atoms with E-state index in [0.717, 1.165) is 39.0 Å². The van der Waals surface area contributed by atoms with Crippen LogP contribution in [0.5, 0.6) is 0 Å². The highest BCUT2D eigenvalue weighted by atomic mass is 16.2. The molecule has 1 N–H and O–H groups in total. The number of carbonyl (C=O) groups is 1. The van der Waals surface area contributed by atoms with E-state index < -0.39 is 0 Å². The number of nitrogens with one attached hydrogen (secondary N) is 1. The third kappa shape index (κ3) is 3.33. The monoisotopic (exact) mass is 246 g/mol. The standard InChI is InChI=1S/C15H22N2O/c1-2-17(12-13-7-4-3-5-8-13)15(18)14-9-6-10-16-11-14/h3-5,7-8,14,16H,2,6,9-12H2,1H3. The minimum absolute atomic E-state index is 0.169. The number of nitrogens with zero attached hydrogens (tertiary/aromatic N) is 1. The Morgan fingerprint density at radius 3 is 2.78 bits per heavy atom. The first-order valence-electron chi connectivity index (χ1n) is 6.84. The van der Waals surface area contributed by atoms with E-state index in [1.165, 1.54) is 5.56 Å². The van der Waals surface area contributed by atoms with Gasteiger partial charge in [0.05, 0.1) is 5.92 Å². The first-order valence-corrected chi connectivity index (χ1v) is 6.84. The van der Waals surface area contributed by atoms with Gasteiger partial charge in [-0.3, -0.25) is 4.79 Å². The smallest absolute Gasteiger partial charge is 0.227 e. The van der Waals surface area contributed by atoms with Crippen LogP contribution in [-0.2, 0) is 11.3 Å². The summed E-state index contributed by atoms with van der Waals surface area (Å²) in [7, 11) is 0. The molecule has 3 nitrogen and oxygen atoms in total. The summed E-state index contributed by atoms with van der Waals surface area (Å²) in [6, 6.07) is 10.2. The lowest BCUT2D eigenvalue weighted by atomic mass is 9.98. The molecule has 1 heterocycles. The predicted octanol–water partition coefficient (Wildman–Crippen LogP) is 2.03. The van der Waals surface area contributed by atoms with Crippen LogP contribution in [0.4, 0.5) is 0 Å². The second-order valence-corrected chi connectivity index (χ2v) is 4.88. The SMILES string of the molecule is CCN(Cc1ccccc1)C(=O)C1CCCNC1. The number of piperidine rings is 1. The Bertz CT molecular complexity index is 371. The summed E-state index contributed by atoms with van der Waals surface area (Å²) in [5.74, 6) is 0.468. The summed E-state index contributed by atoms with van der Waals surface area (Å²) in [6.07, 6.45) is 2.14. The van der Waals surface area contributed by atoms with Crippen molar-refractivity contribution >= 4 is 5.91 Å². The molecule has 1 aliphatic rings. The molecule has 0 aromatic heterocycles. The molecule has 98 valence electrons. The molecule has 0 aliphatic carbocycles. The van der Waals surface area contributed by atoms with Crippen LogP contribution in [0.25, 0.3) is 0 Å². The van der Waals surface area contributed by atoms with Crippen molar-refractivity contribution in [2.45, 2.75) is 26.3 Å². The van der Waals surface area contributed by atoms with Crippen LogP contribution >= 0.6 is 0 Å². The second kappa shape index (κ2) is 6.55. The van der Waals surface area contributed by atoms with E-state index in [-0.39, 0.29) is 5.92 Å². The molecular formula is C15H22N2O. The van der Waals surface area contributed by atoms with Gasteiger partial charge in [0.15, 0.2) is 0 Å². The molecule has 1 amide bonds. The highest BCUT2D eigenvalue weighted by molar-refractivity contribution is 5.79. The lowest BCUT2D eigenvalue weighted by Crippen LogP contribution is -2.42. The first kappa shape index (κ1) is 13.1. The number of amides is 1. The maximum atomic E-state index is 12.4. The van der Waals surface area contributed by atoms with Crippen LogP contribution in [-0.4, -0.2) is 30.4 Å². The molecule has 1 saturated heterocycles. The van der Waals surface area contributed by atoms with Crippen molar-refractivity contribution in [3.8, 4) is 0 Å².